The number of benzene rings is 1. The summed E-state index contributed by atoms with van der Waals surface area (Å²) in [7, 11) is 0. The topological polar surface area (TPSA) is 139 Å². The highest BCUT2D eigenvalue weighted by atomic mass is 19.1. The Hall–Kier alpha value is -5.84. The first-order valence-electron chi connectivity index (χ1n) is 15.5. The zero-order chi connectivity index (χ0) is 33.7. The summed E-state index contributed by atoms with van der Waals surface area (Å²) in [4.78, 5) is 44.1. The van der Waals surface area contributed by atoms with Gasteiger partial charge in [-0.05, 0) is 41.3 Å². The number of piperazine rings is 1. The van der Waals surface area contributed by atoms with Gasteiger partial charge in [-0.1, -0.05) is 37.8 Å². The molecule has 12 nitrogen and oxygen atoms in total. The van der Waals surface area contributed by atoms with Crippen LogP contribution in [0.25, 0.3) is 28.0 Å². The molecule has 7 rings (SSSR count). The Bertz CT molecular complexity index is 2220. The molecule has 1 aromatic carbocycles. The fourth-order valence-corrected chi connectivity index (χ4v) is 6.67. The monoisotopic (exact) mass is 648 g/mol. The van der Waals surface area contributed by atoms with Gasteiger partial charge in [0.15, 0.2) is 5.65 Å². The van der Waals surface area contributed by atoms with Gasteiger partial charge in [0.25, 0.3) is 0 Å². The molecular weight excluding hydrogens is 618 g/mol. The van der Waals surface area contributed by atoms with Gasteiger partial charge in [-0.15, -0.1) is 5.10 Å². The summed E-state index contributed by atoms with van der Waals surface area (Å²) in [6, 6.07) is 9.08. The van der Waals surface area contributed by atoms with Crippen LogP contribution in [0.2, 0.25) is 0 Å². The Balaban J connectivity index is 1.55. The van der Waals surface area contributed by atoms with Crippen LogP contribution in [0, 0.1) is 23.0 Å². The van der Waals surface area contributed by atoms with E-state index in [1.54, 1.807) is 39.0 Å². The number of hydrogen-bond donors (Lipinski definition) is 0. The molecule has 1 fully saturated rings. The lowest BCUT2D eigenvalue weighted by atomic mass is 9.99. The fraction of sp³-hybridized carbons (Fsp3) is 0.294. The van der Waals surface area contributed by atoms with Gasteiger partial charge in [0, 0.05) is 37.8 Å². The van der Waals surface area contributed by atoms with Crippen molar-refractivity contribution in [2.24, 2.45) is 0 Å². The first kappa shape index (κ1) is 30.8. The predicted molar refractivity (Wildman–Crippen MR) is 172 cm³/mol. The number of hydrogen-bond acceptors (Lipinski definition) is 9. The van der Waals surface area contributed by atoms with Crippen molar-refractivity contribution >= 4 is 22.8 Å². The van der Waals surface area contributed by atoms with Gasteiger partial charge in [-0.2, -0.15) is 10.2 Å². The number of aromatic nitrogens is 7. The zero-order valence-corrected chi connectivity index (χ0v) is 26.3. The summed E-state index contributed by atoms with van der Waals surface area (Å²) in [6.45, 7) is 8.20. The molecule has 0 radical (unpaired) electrons. The summed E-state index contributed by atoms with van der Waals surface area (Å²) in [6.07, 6.45) is 4.80. The van der Waals surface area contributed by atoms with Gasteiger partial charge in [-0.25, -0.2) is 27.8 Å². The Labute approximate surface area is 273 Å². The van der Waals surface area contributed by atoms with E-state index >= 15 is 8.78 Å². The van der Waals surface area contributed by atoms with Crippen LogP contribution < -0.4 is 10.6 Å². The smallest absolute Gasteiger partial charge is 0.352 e. The number of carbonyl (C=O) groups is 1. The second-order valence-corrected chi connectivity index (χ2v) is 12.1. The number of halogens is 2. The van der Waals surface area contributed by atoms with Gasteiger partial charge in [0.2, 0.25) is 5.91 Å². The minimum absolute atomic E-state index is 0.0279. The third kappa shape index (κ3) is 5.07. The van der Waals surface area contributed by atoms with Crippen molar-refractivity contribution in [1.82, 2.24) is 39.4 Å². The molecule has 242 valence electrons. The van der Waals surface area contributed by atoms with E-state index in [1.807, 2.05) is 13.8 Å². The van der Waals surface area contributed by atoms with Crippen molar-refractivity contribution < 1.29 is 13.6 Å². The molecule has 1 amide bonds. The molecule has 0 spiro atoms. The molecule has 14 heteroatoms. The Morgan fingerprint density at radius 2 is 2.00 bits per heavy atom. The number of nitrogens with zero attached hydrogens (tertiary/aromatic N) is 10. The van der Waals surface area contributed by atoms with E-state index in [9.17, 15) is 14.9 Å². The van der Waals surface area contributed by atoms with Crippen molar-refractivity contribution in [3.05, 3.63) is 100 Å². The van der Waals surface area contributed by atoms with E-state index < -0.39 is 23.4 Å². The molecule has 2 bridgehead atoms. The number of pyridine rings is 2. The highest BCUT2D eigenvalue weighted by molar-refractivity contribution is 5.91. The zero-order valence-electron chi connectivity index (χ0n) is 26.3. The third-order valence-corrected chi connectivity index (χ3v) is 8.90. The number of nitriles is 1. The second-order valence-electron chi connectivity index (χ2n) is 12.1. The highest BCUT2D eigenvalue weighted by Crippen LogP contribution is 2.36. The van der Waals surface area contributed by atoms with Gasteiger partial charge in [0.05, 0.1) is 53.7 Å². The molecule has 0 aliphatic carbocycles. The number of rotatable bonds is 4. The Morgan fingerprint density at radius 1 is 1.17 bits per heavy atom. The van der Waals surface area contributed by atoms with Crippen LogP contribution in [-0.4, -0.2) is 71.0 Å². The highest BCUT2D eigenvalue weighted by Gasteiger charge is 2.33. The molecule has 4 aromatic heterocycles. The van der Waals surface area contributed by atoms with Crippen LogP contribution in [0.1, 0.15) is 48.7 Å². The quantitative estimate of drug-likeness (QED) is 0.261. The lowest BCUT2D eigenvalue weighted by molar-refractivity contribution is -0.128. The Kier molecular flexibility index (Phi) is 7.74. The number of carbonyl (C=O) groups excluding carboxylic acids is 1. The minimum atomic E-state index is -0.817. The molecule has 2 aliphatic heterocycles. The molecule has 1 saturated heterocycles. The van der Waals surface area contributed by atoms with Crippen LogP contribution in [-0.2, 0) is 17.8 Å². The molecule has 48 heavy (non-hydrogen) atoms. The van der Waals surface area contributed by atoms with Crippen LogP contribution in [0.3, 0.4) is 0 Å². The number of amides is 1. The van der Waals surface area contributed by atoms with Gasteiger partial charge >= 0.3 is 5.69 Å². The largest absolute Gasteiger partial charge is 0.355 e. The van der Waals surface area contributed by atoms with Crippen molar-refractivity contribution in [3.63, 3.8) is 0 Å². The van der Waals surface area contributed by atoms with Gasteiger partial charge in [-0.3, -0.25) is 9.78 Å². The molecule has 2 aliphatic rings. The van der Waals surface area contributed by atoms with Crippen LogP contribution in [0.5, 0.6) is 0 Å². The van der Waals surface area contributed by atoms with Crippen molar-refractivity contribution in [2.45, 2.75) is 45.2 Å². The van der Waals surface area contributed by atoms with Crippen molar-refractivity contribution in [3.8, 4) is 23.0 Å². The van der Waals surface area contributed by atoms with E-state index in [0.29, 0.717) is 34.6 Å². The minimum Gasteiger partial charge on any atom is -0.352 e. The lowest BCUT2D eigenvalue weighted by Crippen LogP contribution is -2.55. The maximum atomic E-state index is 16.4. The average Bonchev–Trinajstić information content (AvgIpc) is 3.50. The first-order chi connectivity index (χ1) is 23.2. The van der Waals surface area contributed by atoms with E-state index in [0.717, 1.165) is 0 Å². The number of fused-ring (bicyclic) bond motifs is 6. The Morgan fingerprint density at radius 3 is 2.77 bits per heavy atom. The summed E-state index contributed by atoms with van der Waals surface area (Å²) < 4.78 is 35.1. The van der Waals surface area contributed by atoms with Crippen molar-refractivity contribution in [2.75, 3.05) is 24.5 Å². The molecule has 5 aromatic rings. The molecule has 0 saturated carbocycles. The SMILES string of the molecule is C=CC(=O)N1CCN(c2nc(=O)n3c4nc(c(F)cc24)-c2c(F)cccc2Cn2nncc2Cc2ccnc(C(C)C)c2-3)CC1CC#N. The van der Waals surface area contributed by atoms with E-state index in [4.69, 9.17) is 4.98 Å². The van der Waals surface area contributed by atoms with Crippen LogP contribution >= 0.6 is 0 Å². The molecule has 1 atom stereocenters. The summed E-state index contributed by atoms with van der Waals surface area (Å²) >= 11 is 0. The summed E-state index contributed by atoms with van der Waals surface area (Å²) in [5, 5.41) is 18.1. The standard InChI is InChI=1S/C34H30F2N10O2/c1-4-27(47)44-13-12-43(18-22(44)8-10-37)32-24-15-26(36)30-28-21(6-5-7-25(28)35)17-45-23(16-39-42-45)14-20-9-11-38-29(19(2)3)31(20)46(33(24)40-30)34(48)41-32/h4-7,9,11,15-16,19,22H,1,8,12-14,17-18H2,2-3H3. The average molecular weight is 649 g/mol. The van der Waals surface area contributed by atoms with Crippen molar-refractivity contribution in [1.29, 1.82) is 5.26 Å². The molecular formula is C34H30F2N10O2. The van der Waals surface area contributed by atoms with Crippen LogP contribution in [0.4, 0.5) is 14.6 Å². The molecule has 6 heterocycles. The first-order valence-corrected chi connectivity index (χ1v) is 15.5. The number of anilines is 1. The van der Waals surface area contributed by atoms with E-state index in [1.165, 1.54) is 28.8 Å². The van der Waals surface area contributed by atoms with Gasteiger partial charge < -0.3 is 9.80 Å². The van der Waals surface area contributed by atoms with Gasteiger partial charge in [0.1, 0.15) is 23.1 Å². The predicted octanol–water partition coefficient (Wildman–Crippen LogP) is 3.91. The lowest BCUT2D eigenvalue weighted by Gasteiger charge is -2.41. The van der Waals surface area contributed by atoms with E-state index in [-0.39, 0.29) is 72.5 Å². The summed E-state index contributed by atoms with van der Waals surface area (Å²) in [5.74, 6) is -1.81. The second kappa shape index (κ2) is 12.1. The maximum Gasteiger partial charge on any atom is 0.355 e. The normalized spacial score (nSPS) is 15.7. The molecule has 1 unspecified atom stereocenters. The summed E-state index contributed by atoms with van der Waals surface area (Å²) in [5.41, 5.74) is 1.90. The third-order valence-electron chi connectivity index (χ3n) is 8.90. The maximum absolute atomic E-state index is 16.4. The van der Waals surface area contributed by atoms with E-state index in [2.05, 4.69) is 32.9 Å². The fourth-order valence-electron chi connectivity index (χ4n) is 6.67. The molecule has 0 N–H and O–H groups in total. The van der Waals surface area contributed by atoms with Crippen LogP contribution in [0.15, 0.2) is 60.2 Å².